The van der Waals surface area contributed by atoms with Gasteiger partial charge in [-0.05, 0) is 62.4 Å². The van der Waals surface area contributed by atoms with Crippen LogP contribution in [-0.2, 0) is 0 Å². The number of hydrogen-bond acceptors (Lipinski definition) is 5. The first-order valence-corrected chi connectivity index (χ1v) is 9.26. The Hall–Kier alpha value is -3.87. The third kappa shape index (κ3) is 4.03. The van der Waals surface area contributed by atoms with Crippen LogP contribution in [0, 0.1) is 6.92 Å². The molecular weight excluding hydrogens is 368 g/mol. The molecule has 4 rings (SSSR count). The molecule has 7 heteroatoms. The maximum absolute atomic E-state index is 12.4. The highest BCUT2D eigenvalue weighted by Crippen LogP contribution is 2.25. The van der Waals surface area contributed by atoms with Gasteiger partial charge in [0.1, 0.15) is 0 Å². The minimum absolute atomic E-state index is 0.159. The van der Waals surface area contributed by atoms with Gasteiger partial charge >= 0.3 is 6.01 Å². The first kappa shape index (κ1) is 18.5. The summed E-state index contributed by atoms with van der Waals surface area (Å²) in [5.74, 6) is 0.962. The topological polar surface area (TPSA) is 82.2 Å². The number of anilines is 1. The molecule has 0 saturated heterocycles. The molecule has 0 aliphatic rings. The first-order chi connectivity index (χ1) is 14.1. The Morgan fingerprint density at radius 1 is 1.10 bits per heavy atom. The van der Waals surface area contributed by atoms with E-state index in [1.165, 1.54) is 0 Å². The first-order valence-electron chi connectivity index (χ1n) is 9.26. The van der Waals surface area contributed by atoms with Gasteiger partial charge in [-0.15, -0.1) is 5.10 Å². The van der Waals surface area contributed by atoms with E-state index < -0.39 is 0 Å². The van der Waals surface area contributed by atoms with Gasteiger partial charge in [-0.1, -0.05) is 17.7 Å². The average Bonchev–Trinajstić information content (AvgIpc) is 3.39. The number of rotatable bonds is 6. The smallest absolute Gasteiger partial charge is 0.336 e. The lowest BCUT2D eigenvalue weighted by Gasteiger charge is -2.08. The fraction of sp³-hybridized carbons (Fsp3) is 0.136. The van der Waals surface area contributed by atoms with Crippen LogP contribution in [0.4, 0.5) is 5.69 Å². The number of ether oxygens (including phenoxy) is 1. The zero-order chi connectivity index (χ0) is 20.2. The molecule has 0 aliphatic carbocycles. The average molecular weight is 388 g/mol. The van der Waals surface area contributed by atoms with E-state index in [0.29, 0.717) is 29.4 Å². The summed E-state index contributed by atoms with van der Waals surface area (Å²) >= 11 is 0. The number of furan rings is 1. The molecule has 7 nitrogen and oxygen atoms in total. The van der Waals surface area contributed by atoms with Gasteiger partial charge in [0.05, 0.1) is 18.6 Å². The van der Waals surface area contributed by atoms with Crippen LogP contribution in [0.25, 0.3) is 17.3 Å². The van der Waals surface area contributed by atoms with Crippen LogP contribution < -0.4 is 10.1 Å². The lowest BCUT2D eigenvalue weighted by molar-refractivity contribution is 0.102. The SMILES string of the molecule is CCOc1nc(-c2ccco2)n(-c2ccc(NC(=O)c3ccc(C)cc3)cc2)n1. The molecule has 0 saturated carbocycles. The van der Waals surface area contributed by atoms with Gasteiger partial charge < -0.3 is 14.5 Å². The second kappa shape index (κ2) is 8.02. The Morgan fingerprint density at radius 3 is 2.52 bits per heavy atom. The largest absolute Gasteiger partial charge is 0.463 e. The van der Waals surface area contributed by atoms with E-state index in [0.717, 1.165) is 11.3 Å². The fourth-order valence-corrected chi connectivity index (χ4v) is 2.82. The van der Waals surface area contributed by atoms with Gasteiger partial charge in [0, 0.05) is 11.3 Å². The van der Waals surface area contributed by atoms with E-state index in [-0.39, 0.29) is 11.9 Å². The highest BCUT2D eigenvalue weighted by atomic mass is 16.5. The summed E-state index contributed by atoms with van der Waals surface area (Å²) in [7, 11) is 0. The molecule has 2 aromatic heterocycles. The normalized spacial score (nSPS) is 10.7. The number of carbonyl (C=O) groups excluding carboxylic acids is 1. The van der Waals surface area contributed by atoms with Crippen molar-refractivity contribution in [1.82, 2.24) is 14.8 Å². The number of nitrogens with zero attached hydrogens (tertiary/aromatic N) is 3. The molecule has 0 spiro atoms. The van der Waals surface area contributed by atoms with Crippen molar-refractivity contribution in [2.24, 2.45) is 0 Å². The molecule has 2 heterocycles. The summed E-state index contributed by atoms with van der Waals surface area (Å²) < 4.78 is 12.6. The lowest BCUT2D eigenvalue weighted by Crippen LogP contribution is -2.11. The zero-order valence-electron chi connectivity index (χ0n) is 16.1. The van der Waals surface area contributed by atoms with Crippen molar-refractivity contribution < 1.29 is 13.9 Å². The van der Waals surface area contributed by atoms with Crippen LogP contribution >= 0.6 is 0 Å². The van der Waals surface area contributed by atoms with Gasteiger partial charge in [-0.3, -0.25) is 4.79 Å². The highest BCUT2D eigenvalue weighted by molar-refractivity contribution is 6.04. The number of carbonyl (C=O) groups is 1. The molecule has 0 aliphatic heterocycles. The molecule has 1 amide bonds. The van der Waals surface area contributed by atoms with Crippen molar-refractivity contribution in [2.75, 3.05) is 11.9 Å². The van der Waals surface area contributed by atoms with Gasteiger partial charge in [0.2, 0.25) is 5.82 Å². The van der Waals surface area contributed by atoms with Crippen molar-refractivity contribution in [1.29, 1.82) is 0 Å². The van der Waals surface area contributed by atoms with Crippen LogP contribution in [0.3, 0.4) is 0 Å². The number of hydrogen-bond donors (Lipinski definition) is 1. The Balaban J connectivity index is 1.58. The number of amides is 1. The van der Waals surface area contributed by atoms with E-state index in [9.17, 15) is 4.79 Å². The Bertz CT molecular complexity index is 1100. The molecule has 1 N–H and O–H groups in total. The predicted octanol–water partition coefficient (Wildman–Crippen LogP) is 4.49. The second-order valence-electron chi connectivity index (χ2n) is 6.41. The summed E-state index contributed by atoms with van der Waals surface area (Å²) in [4.78, 5) is 16.8. The molecule has 0 radical (unpaired) electrons. The standard InChI is InChI=1S/C22H20N4O3/c1-3-28-22-24-20(19-5-4-14-29-19)26(25-22)18-12-10-17(11-13-18)23-21(27)16-8-6-15(2)7-9-16/h4-14H,3H2,1-2H3,(H,23,27). The number of aromatic nitrogens is 3. The fourth-order valence-electron chi connectivity index (χ4n) is 2.82. The third-order valence-electron chi connectivity index (χ3n) is 4.29. The van der Waals surface area contributed by atoms with Crippen LogP contribution in [0.15, 0.2) is 71.3 Å². The van der Waals surface area contributed by atoms with E-state index in [1.807, 2.05) is 56.3 Å². The molecule has 4 aromatic rings. The third-order valence-corrected chi connectivity index (χ3v) is 4.29. The molecule has 0 fully saturated rings. The minimum atomic E-state index is -0.159. The van der Waals surface area contributed by atoms with Gasteiger partial charge in [0.15, 0.2) is 5.76 Å². The molecule has 2 aromatic carbocycles. The molecule has 0 atom stereocenters. The quantitative estimate of drug-likeness (QED) is 0.526. The maximum atomic E-state index is 12.4. The Morgan fingerprint density at radius 2 is 1.86 bits per heavy atom. The van der Waals surface area contributed by atoms with E-state index >= 15 is 0 Å². The van der Waals surface area contributed by atoms with Crippen molar-refractivity contribution in [3.8, 4) is 23.3 Å². The molecule has 0 unspecified atom stereocenters. The maximum Gasteiger partial charge on any atom is 0.336 e. The van der Waals surface area contributed by atoms with Gasteiger partial charge in [-0.25, -0.2) is 4.68 Å². The number of aryl methyl sites for hydroxylation is 1. The predicted molar refractivity (Wildman–Crippen MR) is 109 cm³/mol. The summed E-state index contributed by atoms with van der Waals surface area (Å²) in [6.45, 7) is 4.32. The van der Waals surface area contributed by atoms with Crippen LogP contribution in [0.5, 0.6) is 6.01 Å². The molecular formula is C22H20N4O3. The molecule has 0 bridgehead atoms. The Labute approximate surface area is 168 Å². The zero-order valence-corrected chi connectivity index (χ0v) is 16.1. The van der Waals surface area contributed by atoms with Crippen molar-refractivity contribution >= 4 is 11.6 Å². The summed E-state index contributed by atoms with van der Waals surface area (Å²) in [5, 5.41) is 7.31. The van der Waals surface area contributed by atoms with Crippen molar-refractivity contribution in [3.05, 3.63) is 78.1 Å². The second-order valence-corrected chi connectivity index (χ2v) is 6.41. The van der Waals surface area contributed by atoms with E-state index in [2.05, 4.69) is 15.4 Å². The summed E-state index contributed by atoms with van der Waals surface area (Å²) in [5.41, 5.74) is 3.17. The van der Waals surface area contributed by atoms with Crippen LogP contribution in [0.1, 0.15) is 22.8 Å². The lowest BCUT2D eigenvalue weighted by atomic mass is 10.1. The highest BCUT2D eigenvalue weighted by Gasteiger charge is 2.16. The Kier molecular flexibility index (Phi) is 5.11. The minimum Gasteiger partial charge on any atom is -0.463 e. The van der Waals surface area contributed by atoms with Crippen LogP contribution in [0.2, 0.25) is 0 Å². The van der Waals surface area contributed by atoms with Crippen molar-refractivity contribution in [2.45, 2.75) is 13.8 Å². The number of nitrogens with one attached hydrogen (secondary N) is 1. The number of benzene rings is 2. The molecule has 146 valence electrons. The van der Waals surface area contributed by atoms with E-state index in [1.54, 1.807) is 29.1 Å². The summed E-state index contributed by atoms with van der Waals surface area (Å²) in [6, 6.07) is 18.6. The van der Waals surface area contributed by atoms with Gasteiger partial charge in [0.25, 0.3) is 5.91 Å². The van der Waals surface area contributed by atoms with Crippen LogP contribution in [-0.4, -0.2) is 27.3 Å². The summed E-state index contributed by atoms with van der Waals surface area (Å²) in [6.07, 6.45) is 1.58. The van der Waals surface area contributed by atoms with Crippen molar-refractivity contribution in [3.63, 3.8) is 0 Å². The van der Waals surface area contributed by atoms with Gasteiger partial charge in [-0.2, -0.15) is 4.98 Å². The van der Waals surface area contributed by atoms with E-state index in [4.69, 9.17) is 9.15 Å². The monoisotopic (exact) mass is 388 g/mol. The molecule has 29 heavy (non-hydrogen) atoms.